The molecular formula is C7H10N2O4. The number of nitrogens with one attached hydrogen (secondary N) is 2. The van der Waals surface area contributed by atoms with Crippen LogP contribution in [0.4, 0.5) is 0 Å². The lowest BCUT2D eigenvalue weighted by Crippen LogP contribution is -2.35. The lowest BCUT2D eigenvalue weighted by Gasteiger charge is -2.04. The molecule has 72 valence electrons. The van der Waals surface area contributed by atoms with Crippen LogP contribution in [0.15, 0.2) is 24.8 Å². The summed E-state index contributed by atoms with van der Waals surface area (Å²) in [4.78, 5) is 29.5. The fraction of sp³-hybridized carbons (Fsp3) is 0.143. The molecule has 6 nitrogen and oxygen atoms in total. The van der Waals surface area contributed by atoms with Crippen molar-refractivity contribution in [2.75, 3.05) is 0 Å². The Labute approximate surface area is 75.1 Å². The van der Waals surface area contributed by atoms with Gasteiger partial charge in [-0.15, -0.1) is 0 Å². The van der Waals surface area contributed by atoms with Gasteiger partial charge in [-0.05, 0) is 6.92 Å². The Morgan fingerprint density at radius 2 is 1.85 bits per heavy atom. The molecule has 0 radical (unpaired) electrons. The smallest absolute Gasteiger partial charge is 0.349 e. The molecule has 0 aromatic heterocycles. The number of hydrogen-bond acceptors (Lipinski definition) is 6. The van der Waals surface area contributed by atoms with Gasteiger partial charge in [0.05, 0.1) is 0 Å². The van der Waals surface area contributed by atoms with Crippen LogP contribution in [-0.4, -0.2) is 11.9 Å². The maximum Gasteiger partial charge on any atom is 0.353 e. The Balaban J connectivity index is 3.46. The van der Waals surface area contributed by atoms with E-state index in [9.17, 15) is 9.59 Å². The molecule has 0 saturated heterocycles. The molecule has 0 aliphatic carbocycles. The van der Waals surface area contributed by atoms with Crippen LogP contribution in [-0.2, 0) is 19.3 Å². The zero-order chi connectivity index (χ0) is 10.3. The van der Waals surface area contributed by atoms with Gasteiger partial charge in [0, 0.05) is 11.6 Å². The molecule has 0 saturated carbocycles. The van der Waals surface area contributed by atoms with Crippen molar-refractivity contribution in [2.24, 2.45) is 0 Å². The van der Waals surface area contributed by atoms with Crippen LogP contribution in [0.2, 0.25) is 0 Å². The zero-order valence-electron chi connectivity index (χ0n) is 7.12. The predicted molar refractivity (Wildman–Crippen MR) is 43.5 cm³/mol. The number of hydrazine groups is 1. The number of hydrogen-bond donors (Lipinski definition) is 2. The van der Waals surface area contributed by atoms with E-state index in [4.69, 9.17) is 0 Å². The molecule has 0 atom stereocenters. The van der Waals surface area contributed by atoms with Crippen molar-refractivity contribution in [1.82, 2.24) is 11.2 Å². The van der Waals surface area contributed by atoms with Gasteiger partial charge in [0.2, 0.25) is 0 Å². The highest BCUT2D eigenvalue weighted by Gasteiger charge is 2.02. The maximum atomic E-state index is 10.7. The zero-order valence-corrected chi connectivity index (χ0v) is 7.12. The Morgan fingerprint density at radius 1 is 1.31 bits per heavy atom. The van der Waals surface area contributed by atoms with E-state index >= 15 is 0 Å². The second-order valence-corrected chi connectivity index (χ2v) is 2.00. The highest BCUT2D eigenvalue weighted by Crippen LogP contribution is 1.87. The van der Waals surface area contributed by atoms with Crippen molar-refractivity contribution in [3.63, 3.8) is 0 Å². The minimum Gasteiger partial charge on any atom is -0.349 e. The van der Waals surface area contributed by atoms with Crippen LogP contribution in [0.1, 0.15) is 6.92 Å². The van der Waals surface area contributed by atoms with Crippen molar-refractivity contribution in [1.29, 1.82) is 0 Å². The van der Waals surface area contributed by atoms with E-state index in [-0.39, 0.29) is 5.57 Å². The van der Waals surface area contributed by atoms with E-state index in [1.54, 1.807) is 0 Å². The number of carbonyl (C=O) groups is 2. The van der Waals surface area contributed by atoms with Crippen LogP contribution in [0.25, 0.3) is 0 Å². The van der Waals surface area contributed by atoms with Crippen LogP contribution < -0.4 is 11.2 Å². The SMILES string of the molecule is C=CC(=O)ONNOC(=O)C(=C)C. The monoisotopic (exact) mass is 186 g/mol. The van der Waals surface area contributed by atoms with Crippen molar-refractivity contribution in [3.8, 4) is 0 Å². The quantitative estimate of drug-likeness (QED) is 0.350. The Hall–Kier alpha value is -1.66. The van der Waals surface area contributed by atoms with Gasteiger partial charge in [0.1, 0.15) is 0 Å². The highest BCUT2D eigenvalue weighted by atomic mass is 16.8. The molecule has 0 aromatic rings. The lowest BCUT2D eigenvalue weighted by molar-refractivity contribution is -0.171. The van der Waals surface area contributed by atoms with E-state index in [1.165, 1.54) is 6.92 Å². The first-order valence-corrected chi connectivity index (χ1v) is 3.28. The van der Waals surface area contributed by atoms with E-state index in [0.717, 1.165) is 6.08 Å². The van der Waals surface area contributed by atoms with Crippen molar-refractivity contribution in [2.45, 2.75) is 6.92 Å². The molecule has 0 aromatic carbocycles. The standard InChI is InChI=1S/C7H10N2O4/c1-4-6(10)12-8-9-13-7(11)5(2)3/h4,8-9H,1-2H2,3H3. The van der Waals surface area contributed by atoms with Crippen LogP contribution >= 0.6 is 0 Å². The Kier molecular flexibility index (Phi) is 5.17. The van der Waals surface area contributed by atoms with Gasteiger partial charge in [-0.2, -0.15) is 0 Å². The minimum atomic E-state index is -0.709. The average molecular weight is 186 g/mol. The van der Waals surface area contributed by atoms with Gasteiger partial charge in [0.25, 0.3) is 0 Å². The Bertz CT molecular complexity index is 237. The third-order valence-electron chi connectivity index (χ3n) is 0.852. The molecule has 0 fully saturated rings. The summed E-state index contributed by atoms with van der Waals surface area (Å²) in [6.07, 6.45) is 0.940. The van der Waals surface area contributed by atoms with E-state index < -0.39 is 11.9 Å². The van der Waals surface area contributed by atoms with Gasteiger partial charge in [-0.25, -0.2) is 9.59 Å². The molecule has 13 heavy (non-hydrogen) atoms. The van der Waals surface area contributed by atoms with E-state index in [2.05, 4.69) is 22.8 Å². The first-order chi connectivity index (χ1) is 6.07. The second kappa shape index (κ2) is 5.92. The molecule has 0 rings (SSSR count). The Morgan fingerprint density at radius 3 is 2.31 bits per heavy atom. The number of rotatable bonds is 5. The third-order valence-corrected chi connectivity index (χ3v) is 0.852. The summed E-state index contributed by atoms with van der Waals surface area (Å²) in [7, 11) is 0. The lowest BCUT2D eigenvalue weighted by atomic mass is 10.4. The van der Waals surface area contributed by atoms with Crippen LogP contribution in [0, 0.1) is 0 Å². The molecule has 2 N–H and O–H groups in total. The molecule has 0 bridgehead atoms. The summed E-state index contributed by atoms with van der Waals surface area (Å²) in [5, 5.41) is 0. The number of carbonyl (C=O) groups excluding carboxylic acids is 2. The molecule has 0 spiro atoms. The molecule has 6 heteroatoms. The fourth-order valence-corrected chi connectivity index (χ4v) is 0.267. The highest BCUT2D eigenvalue weighted by molar-refractivity contribution is 5.86. The molecule has 0 amide bonds. The van der Waals surface area contributed by atoms with Gasteiger partial charge in [-0.3, -0.25) is 0 Å². The van der Waals surface area contributed by atoms with E-state index in [0.29, 0.717) is 0 Å². The normalized spacial score (nSPS) is 8.69. The van der Waals surface area contributed by atoms with Crippen molar-refractivity contribution < 1.29 is 19.3 Å². The molecule has 0 aliphatic rings. The summed E-state index contributed by atoms with van der Waals surface area (Å²) in [6, 6.07) is 0. The first kappa shape index (κ1) is 11.3. The van der Waals surface area contributed by atoms with E-state index in [1.807, 2.05) is 11.2 Å². The van der Waals surface area contributed by atoms with Gasteiger partial charge >= 0.3 is 11.9 Å². The van der Waals surface area contributed by atoms with Crippen LogP contribution in [0.5, 0.6) is 0 Å². The van der Waals surface area contributed by atoms with Crippen LogP contribution in [0.3, 0.4) is 0 Å². The largest absolute Gasteiger partial charge is 0.353 e. The molecule has 0 aliphatic heterocycles. The summed E-state index contributed by atoms with van der Waals surface area (Å²) in [5.74, 6) is -1.37. The second-order valence-electron chi connectivity index (χ2n) is 2.00. The summed E-state index contributed by atoms with van der Waals surface area (Å²) < 4.78 is 0. The first-order valence-electron chi connectivity index (χ1n) is 3.28. The maximum absolute atomic E-state index is 10.7. The van der Waals surface area contributed by atoms with Gasteiger partial charge in [0.15, 0.2) is 0 Å². The summed E-state index contributed by atoms with van der Waals surface area (Å²) in [5.41, 5.74) is 3.96. The average Bonchev–Trinajstić information content (AvgIpc) is 2.11. The van der Waals surface area contributed by atoms with Crippen molar-refractivity contribution >= 4 is 11.9 Å². The van der Waals surface area contributed by atoms with Gasteiger partial charge < -0.3 is 9.68 Å². The fourth-order valence-electron chi connectivity index (χ4n) is 0.267. The van der Waals surface area contributed by atoms with Crippen molar-refractivity contribution in [3.05, 3.63) is 24.8 Å². The molecule has 0 unspecified atom stereocenters. The molecule has 0 heterocycles. The van der Waals surface area contributed by atoms with Gasteiger partial charge in [-0.1, -0.05) is 24.3 Å². The topological polar surface area (TPSA) is 76.7 Å². The summed E-state index contributed by atoms with van der Waals surface area (Å²) in [6.45, 7) is 7.93. The summed E-state index contributed by atoms with van der Waals surface area (Å²) >= 11 is 0. The predicted octanol–water partition coefficient (Wildman–Crippen LogP) is -0.241. The minimum absolute atomic E-state index is 0.212. The third kappa shape index (κ3) is 5.59. The molecular weight excluding hydrogens is 176 g/mol.